The molecule has 1 saturated heterocycles. The van der Waals surface area contributed by atoms with Gasteiger partial charge < -0.3 is 29.9 Å². The summed E-state index contributed by atoms with van der Waals surface area (Å²) in [6.07, 6.45) is -5.52. The Hall–Kier alpha value is -2.20. The van der Waals surface area contributed by atoms with E-state index in [1.165, 1.54) is 0 Å². The van der Waals surface area contributed by atoms with Gasteiger partial charge in [0.25, 0.3) is 0 Å². The van der Waals surface area contributed by atoms with E-state index in [4.69, 9.17) is 19.7 Å². The first kappa shape index (κ1) is 24.8. The van der Waals surface area contributed by atoms with Crippen molar-refractivity contribution in [2.75, 3.05) is 19.0 Å². The smallest absolute Gasteiger partial charge is 0.411 e. The number of nitrogens with one attached hydrogen (secondary N) is 1. The van der Waals surface area contributed by atoms with Crippen LogP contribution in [0.2, 0.25) is 0 Å². The summed E-state index contributed by atoms with van der Waals surface area (Å²) in [7, 11) is 1.00. The van der Waals surface area contributed by atoms with Crippen molar-refractivity contribution in [1.29, 1.82) is 0 Å². The molecular weight excluding hydrogens is 358 g/mol. The van der Waals surface area contributed by atoms with Crippen LogP contribution in [0.1, 0.15) is 26.3 Å². The van der Waals surface area contributed by atoms with Gasteiger partial charge in [-0.15, -0.1) is 0 Å². The minimum absolute atomic E-state index is 0.374. The number of hydrogen-bond acceptors (Lipinski definition) is 7. The molecule has 1 aliphatic heterocycles. The number of aliphatic carboxylic acids is 1. The lowest BCUT2D eigenvalue weighted by atomic mass is 10.1. The molecular formula is C18H29NO8. The highest BCUT2D eigenvalue weighted by molar-refractivity contribution is 5.84. The summed E-state index contributed by atoms with van der Waals surface area (Å²) in [5, 5.41) is 37.5. The maximum Gasteiger partial charge on any atom is 0.411 e. The molecule has 0 aliphatic carbocycles. The summed E-state index contributed by atoms with van der Waals surface area (Å²) < 4.78 is 9.87. The Balaban J connectivity index is 0.00000158. The molecule has 1 aromatic carbocycles. The number of carbonyl (C=O) groups excluding carboxylic acids is 1. The maximum absolute atomic E-state index is 11.7. The molecule has 1 fully saturated rings. The van der Waals surface area contributed by atoms with E-state index in [9.17, 15) is 19.8 Å². The Morgan fingerprint density at radius 3 is 2.11 bits per heavy atom. The third-order valence-corrected chi connectivity index (χ3v) is 3.59. The molecule has 5 N–H and O–H groups in total. The second-order valence-electron chi connectivity index (χ2n) is 5.19. The van der Waals surface area contributed by atoms with Gasteiger partial charge >= 0.3 is 12.1 Å². The first-order valence-corrected chi connectivity index (χ1v) is 8.64. The number of hydrogen-bond donors (Lipinski definition) is 5. The van der Waals surface area contributed by atoms with Gasteiger partial charge in [-0.1, -0.05) is 32.9 Å². The number of aryl methyl sites for hydroxylation is 1. The summed E-state index contributed by atoms with van der Waals surface area (Å²) in [6.45, 7) is 5.64. The van der Waals surface area contributed by atoms with E-state index >= 15 is 0 Å². The molecule has 1 heterocycles. The lowest BCUT2D eigenvalue weighted by molar-refractivity contribution is -0.153. The first-order valence-electron chi connectivity index (χ1n) is 8.64. The predicted molar refractivity (Wildman–Crippen MR) is 98.6 cm³/mol. The van der Waals surface area contributed by atoms with Crippen LogP contribution >= 0.6 is 0 Å². The Morgan fingerprint density at radius 2 is 1.67 bits per heavy atom. The van der Waals surface area contributed by atoms with Gasteiger partial charge in [0.15, 0.2) is 6.10 Å². The van der Waals surface area contributed by atoms with Crippen LogP contribution in [0, 0.1) is 0 Å². The van der Waals surface area contributed by atoms with Gasteiger partial charge in [0.05, 0.1) is 0 Å². The zero-order chi connectivity index (χ0) is 21.0. The van der Waals surface area contributed by atoms with Crippen molar-refractivity contribution in [2.45, 2.75) is 51.6 Å². The number of amides is 1. The van der Waals surface area contributed by atoms with Crippen molar-refractivity contribution in [1.82, 2.24) is 0 Å². The molecule has 0 aromatic heterocycles. The highest BCUT2D eigenvalue weighted by Crippen LogP contribution is 2.22. The number of anilines is 1. The zero-order valence-electron chi connectivity index (χ0n) is 16.0. The van der Waals surface area contributed by atoms with E-state index in [2.05, 4.69) is 5.32 Å². The average Bonchev–Trinajstić information content (AvgIpc) is 2.98. The number of carbonyl (C=O) groups is 2. The maximum atomic E-state index is 11.7. The van der Waals surface area contributed by atoms with Crippen LogP contribution in [0.3, 0.4) is 0 Å². The topological polar surface area (TPSA) is 146 Å². The zero-order valence-corrected chi connectivity index (χ0v) is 16.0. The molecule has 2 rings (SSSR count). The van der Waals surface area contributed by atoms with E-state index in [1.54, 1.807) is 12.1 Å². The van der Waals surface area contributed by atoms with Crippen LogP contribution in [0.15, 0.2) is 24.3 Å². The second kappa shape index (κ2) is 13.0. The van der Waals surface area contributed by atoms with Crippen molar-refractivity contribution in [3.8, 4) is 0 Å². The molecule has 0 spiro atoms. The van der Waals surface area contributed by atoms with E-state index in [0.717, 1.165) is 19.1 Å². The number of aliphatic hydroxyl groups excluding tert-OH is 3. The monoisotopic (exact) mass is 387 g/mol. The van der Waals surface area contributed by atoms with Crippen molar-refractivity contribution >= 4 is 17.7 Å². The third kappa shape index (κ3) is 7.51. The van der Waals surface area contributed by atoms with E-state index in [0.29, 0.717) is 5.69 Å². The molecule has 1 aromatic rings. The standard InChI is InChI=1S/C15H19NO7.C2H6.CH4O/c1-2-8-3-5-9(6-4-8)16-15(21)22-7-10-11(17)12(18)13(23-10)14(19)20;2*1-2/h3-6,10-13,17-18H,2,7H2,1H3,(H,16,21)(H,19,20);1-2H3;2H,1H3. The highest BCUT2D eigenvalue weighted by Gasteiger charge is 2.46. The molecule has 1 amide bonds. The van der Waals surface area contributed by atoms with Crippen LogP contribution in [0.5, 0.6) is 0 Å². The molecule has 4 unspecified atom stereocenters. The van der Waals surface area contributed by atoms with Gasteiger partial charge in [0.2, 0.25) is 0 Å². The lowest BCUT2D eigenvalue weighted by Crippen LogP contribution is -2.37. The van der Waals surface area contributed by atoms with Crippen molar-refractivity contribution in [2.24, 2.45) is 0 Å². The molecule has 154 valence electrons. The molecule has 4 atom stereocenters. The minimum Gasteiger partial charge on any atom is -0.479 e. The van der Waals surface area contributed by atoms with E-state index in [-0.39, 0.29) is 6.61 Å². The second-order valence-corrected chi connectivity index (χ2v) is 5.19. The Bertz CT molecular complexity index is 563. The normalized spacial score (nSPS) is 23.2. The minimum atomic E-state index is -1.56. The molecule has 9 heteroatoms. The molecule has 0 radical (unpaired) electrons. The third-order valence-electron chi connectivity index (χ3n) is 3.59. The number of ether oxygens (including phenoxy) is 2. The first-order chi connectivity index (χ1) is 12.9. The van der Waals surface area contributed by atoms with Crippen molar-refractivity contribution < 1.29 is 39.5 Å². The summed E-state index contributed by atoms with van der Waals surface area (Å²) in [6, 6.07) is 7.19. The fourth-order valence-corrected chi connectivity index (χ4v) is 2.23. The number of rotatable bonds is 5. The van der Waals surface area contributed by atoms with Gasteiger partial charge in [-0.2, -0.15) is 0 Å². The summed E-state index contributed by atoms with van der Waals surface area (Å²) >= 11 is 0. The van der Waals surface area contributed by atoms with Crippen LogP contribution in [0.4, 0.5) is 10.5 Å². The summed E-state index contributed by atoms with van der Waals surface area (Å²) in [4.78, 5) is 22.5. The average molecular weight is 387 g/mol. The van der Waals surface area contributed by atoms with Gasteiger partial charge in [0.1, 0.15) is 24.9 Å². The van der Waals surface area contributed by atoms with Crippen LogP contribution < -0.4 is 5.32 Å². The van der Waals surface area contributed by atoms with E-state index in [1.807, 2.05) is 32.9 Å². The fourth-order valence-electron chi connectivity index (χ4n) is 2.23. The van der Waals surface area contributed by atoms with Crippen LogP contribution in [-0.4, -0.2) is 70.6 Å². The molecule has 9 nitrogen and oxygen atoms in total. The molecule has 0 saturated carbocycles. The van der Waals surface area contributed by atoms with E-state index < -0.39 is 36.5 Å². The number of carboxylic acid groups (broad SMARTS) is 1. The Morgan fingerprint density at radius 1 is 1.11 bits per heavy atom. The predicted octanol–water partition coefficient (Wildman–Crippen LogP) is 1.01. The van der Waals surface area contributed by atoms with Gasteiger partial charge in [-0.3, -0.25) is 5.32 Å². The largest absolute Gasteiger partial charge is 0.479 e. The molecule has 1 aliphatic rings. The molecule has 0 bridgehead atoms. The molecule has 27 heavy (non-hydrogen) atoms. The Kier molecular flexibility index (Phi) is 12.0. The summed E-state index contributed by atoms with van der Waals surface area (Å²) in [5.74, 6) is -1.39. The summed E-state index contributed by atoms with van der Waals surface area (Å²) in [5.41, 5.74) is 1.67. The quantitative estimate of drug-likeness (QED) is 0.503. The van der Waals surface area contributed by atoms with Crippen LogP contribution in [0.25, 0.3) is 0 Å². The SMILES string of the molecule is CC.CCc1ccc(NC(=O)OCC2OC(C(=O)O)C(O)C2O)cc1.CO. The highest BCUT2D eigenvalue weighted by atomic mass is 16.6. The fraction of sp³-hybridized carbons (Fsp3) is 0.556. The van der Waals surface area contributed by atoms with Gasteiger partial charge in [0, 0.05) is 12.8 Å². The Labute approximate surface area is 158 Å². The number of carboxylic acids is 1. The van der Waals surface area contributed by atoms with Gasteiger partial charge in [-0.25, -0.2) is 9.59 Å². The van der Waals surface area contributed by atoms with Gasteiger partial charge in [-0.05, 0) is 24.1 Å². The van der Waals surface area contributed by atoms with Crippen molar-refractivity contribution in [3.05, 3.63) is 29.8 Å². The lowest BCUT2D eigenvalue weighted by Gasteiger charge is -2.15. The van der Waals surface area contributed by atoms with Crippen LogP contribution in [-0.2, 0) is 20.7 Å². The number of aliphatic hydroxyl groups is 3. The van der Waals surface area contributed by atoms with Crippen molar-refractivity contribution in [3.63, 3.8) is 0 Å². The number of benzene rings is 1.